The highest BCUT2D eigenvalue weighted by Gasteiger charge is 2.41. The number of ether oxygens (including phenoxy) is 2. The van der Waals surface area contributed by atoms with Crippen molar-refractivity contribution in [2.75, 3.05) is 51.9 Å². The Balaban J connectivity index is 1.69. The fourth-order valence-corrected chi connectivity index (χ4v) is 4.06. The van der Waals surface area contributed by atoms with Gasteiger partial charge in [-0.05, 0) is 25.7 Å². The predicted molar refractivity (Wildman–Crippen MR) is 94.8 cm³/mol. The molecule has 2 aliphatic heterocycles. The van der Waals surface area contributed by atoms with Crippen LogP contribution in [0, 0.1) is 5.41 Å². The van der Waals surface area contributed by atoms with Crippen molar-refractivity contribution < 1.29 is 14.3 Å². The quantitative estimate of drug-likeness (QED) is 0.730. The highest BCUT2D eigenvalue weighted by atomic mass is 16.5. The number of hydrogen-bond acceptors (Lipinski definition) is 6. The summed E-state index contributed by atoms with van der Waals surface area (Å²) in [6, 6.07) is 1.89. The van der Waals surface area contributed by atoms with Crippen molar-refractivity contribution in [2.24, 2.45) is 5.41 Å². The number of nitrogens with zero attached hydrogens (tertiary/aromatic N) is 4. The van der Waals surface area contributed by atoms with E-state index in [1.165, 1.54) is 6.42 Å². The van der Waals surface area contributed by atoms with E-state index < -0.39 is 0 Å². The smallest absolute Gasteiger partial charge is 0.222 e. The molecule has 0 N–H and O–H groups in total. The molecule has 2 fully saturated rings. The number of carbonyl (C=O) groups is 1. The van der Waals surface area contributed by atoms with Gasteiger partial charge in [0.1, 0.15) is 12.1 Å². The molecule has 7 nitrogen and oxygen atoms in total. The molecule has 1 aromatic rings. The van der Waals surface area contributed by atoms with Gasteiger partial charge in [-0.2, -0.15) is 0 Å². The number of carbonyl (C=O) groups excluding carboxylic acids is 1. The van der Waals surface area contributed by atoms with E-state index in [2.05, 4.69) is 14.9 Å². The van der Waals surface area contributed by atoms with Crippen LogP contribution in [0.25, 0.3) is 0 Å². The Morgan fingerprint density at radius 3 is 2.92 bits per heavy atom. The molecule has 138 valence electrons. The Morgan fingerprint density at radius 1 is 1.24 bits per heavy atom. The van der Waals surface area contributed by atoms with Gasteiger partial charge >= 0.3 is 0 Å². The van der Waals surface area contributed by atoms with E-state index in [0.29, 0.717) is 18.9 Å². The maximum Gasteiger partial charge on any atom is 0.222 e. The monoisotopic (exact) mass is 348 g/mol. The van der Waals surface area contributed by atoms with E-state index in [0.717, 1.165) is 51.3 Å². The van der Waals surface area contributed by atoms with Crippen LogP contribution in [-0.2, 0) is 9.53 Å². The maximum atomic E-state index is 12.3. The van der Waals surface area contributed by atoms with Gasteiger partial charge in [-0.15, -0.1) is 0 Å². The first kappa shape index (κ1) is 17.9. The van der Waals surface area contributed by atoms with Gasteiger partial charge in [-0.3, -0.25) is 4.79 Å². The van der Waals surface area contributed by atoms with Gasteiger partial charge in [-0.25, -0.2) is 9.97 Å². The second-order valence-corrected chi connectivity index (χ2v) is 7.11. The molecule has 0 saturated carbocycles. The zero-order chi connectivity index (χ0) is 17.7. The van der Waals surface area contributed by atoms with Crippen LogP contribution in [0.3, 0.4) is 0 Å². The molecule has 0 aliphatic carbocycles. The van der Waals surface area contributed by atoms with Crippen molar-refractivity contribution >= 4 is 11.7 Å². The third-order valence-electron chi connectivity index (χ3n) is 5.35. The van der Waals surface area contributed by atoms with Crippen molar-refractivity contribution in [3.8, 4) is 5.88 Å². The summed E-state index contributed by atoms with van der Waals surface area (Å²) < 4.78 is 10.4. The lowest BCUT2D eigenvalue weighted by atomic mass is 9.73. The topological polar surface area (TPSA) is 67.8 Å². The van der Waals surface area contributed by atoms with E-state index in [-0.39, 0.29) is 11.3 Å². The van der Waals surface area contributed by atoms with E-state index in [4.69, 9.17) is 9.47 Å². The van der Waals surface area contributed by atoms with E-state index in [1.807, 2.05) is 11.0 Å². The SMILES string of the molecule is COCCCN1C[C@@]2(CCCN(c3cc(OC)ncn3)C2)CCC1=O. The standard InChI is InChI=1S/C18H28N4O3/c1-24-10-4-9-22-13-18(7-5-17(22)23)6-3-8-21(12-18)15-11-16(25-2)20-14-19-15/h11,14H,3-10,12-13H2,1-2H3/t18-/m0/s1. The van der Waals surface area contributed by atoms with Crippen molar-refractivity contribution in [1.29, 1.82) is 0 Å². The van der Waals surface area contributed by atoms with Crippen molar-refractivity contribution in [2.45, 2.75) is 32.1 Å². The number of amides is 1. The van der Waals surface area contributed by atoms with Crippen LogP contribution in [0.5, 0.6) is 5.88 Å². The summed E-state index contributed by atoms with van der Waals surface area (Å²) in [6.45, 7) is 4.24. The Kier molecular flexibility index (Phi) is 5.73. The molecule has 3 rings (SSSR count). The van der Waals surface area contributed by atoms with Crippen LogP contribution in [-0.4, -0.2) is 67.8 Å². The summed E-state index contributed by atoms with van der Waals surface area (Å²) in [5.74, 6) is 1.78. The lowest BCUT2D eigenvalue weighted by Crippen LogP contribution is -2.54. The summed E-state index contributed by atoms with van der Waals surface area (Å²) in [5, 5.41) is 0. The first-order chi connectivity index (χ1) is 12.2. The molecule has 0 radical (unpaired) electrons. The number of aromatic nitrogens is 2. The summed E-state index contributed by atoms with van der Waals surface area (Å²) in [7, 11) is 3.32. The van der Waals surface area contributed by atoms with Crippen LogP contribution < -0.4 is 9.64 Å². The van der Waals surface area contributed by atoms with E-state index in [9.17, 15) is 4.79 Å². The van der Waals surface area contributed by atoms with Crippen molar-refractivity contribution in [3.63, 3.8) is 0 Å². The van der Waals surface area contributed by atoms with Crippen molar-refractivity contribution in [3.05, 3.63) is 12.4 Å². The minimum absolute atomic E-state index is 0.164. The van der Waals surface area contributed by atoms with Crippen LogP contribution in [0.4, 0.5) is 5.82 Å². The molecule has 2 saturated heterocycles. The minimum atomic E-state index is 0.164. The molecule has 3 heterocycles. The first-order valence-corrected chi connectivity index (χ1v) is 9.03. The summed E-state index contributed by atoms with van der Waals surface area (Å²) >= 11 is 0. The molecule has 0 aromatic carbocycles. The summed E-state index contributed by atoms with van der Waals surface area (Å²) in [4.78, 5) is 25.2. The van der Waals surface area contributed by atoms with Gasteiger partial charge in [0.25, 0.3) is 0 Å². The lowest BCUT2D eigenvalue weighted by molar-refractivity contribution is -0.138. The van der Waals surface area contributed by atoms with Gasteiger partial charge in [-0.1, -0.05) is 0 Å². The maximum absolute atomic E-state index is 12.3. The van der Waals surface area contributed by atoms with Crippen molar-refractivity contribution in [1.82, 2.24) is 14.9 Å². The molecule has 25 heavy (non-hydrogen) atoms. The number of likely N-dealkylation sites (tertiary alicyclic amines) is 1. The Morgan fingerprint density at radius 2 is 2.12 bits per heavy atom. The first-order valence-electron chi connectivity index (χ1n) is 9.03. The third kappa shape index (κ3) is 4.21. The zero-order valence-electron chi connectivity index (χ0n) is 15.2. The average molecular weight is 348 g/mol. The molecular weight excluding hydrogens is 320 g/mol. The van der Waals surface area contributed by atoms with Crippen LogP contribution in [0.2, 0.25) is 0 Å². The fourth-order valence-electron chi connectivity index (χ4n) is 4.06. The molecule has 0 bridgehead atoms. The predicted octanol–water partition coefficient (Wildman–Crippen LogP) is 1.73. The Labute approximate surface area is 149 Å². The molecule has 1 aromatic heterocycles. The highest BCUT2D eigenvalue weighted by Crippen LogP contribution is 2.40. The molecule has 2 aliphatic rings. The second-order valence-electron chi connectivity index (χ2n) is 7.11. The summed E-state index contributed by atoms with van der Waals surface area (Å²) in [5.41, 5.74) is 0.164. The summed E-state index contributed by atoms with van der Waals surface area (Å²) in [6.07, 6.45) is 6.34. The van der Waals surface area contributed by atoms with Crippen LogP contribution >= 0.6 is 0 Å². The highest BCUT2D eigenvalue weighted by molar-refractivity contribution is 5.77. The molecule has 1 amide bonds. The van der Waals surface area contributed by atoms with Crippen LogP contribution in [0.1, 0.15) is 32.1 Å². The van der Waals surface area contributed by atoms with Crippen LogP contribution in [0.15, 0.2) is 12.4 Å². The number of rotatable bonds is 6. The Bertz CT molecular complexity index is 597. The minimum Gasteiger partial charge on any atom is -0.481 e. The van der Waals surface area contributed by atoms with E-state index in [1.54, 1.807) is 20.5 Å². The molecule has 1 spiro atoms. The van der Waals surface area contributed by atoms with Gasteiger partial charge in [0.15, 0.2) is 0 Å². The van der Waals surface area contributed by atoms with Gasteiger partial charge in [0.2, 0.25) is 11.8 Å². The molecular formula is C18H28N4O3. The fraction of sp³-hybridized carbons (Fsp3) is 0.722. The number of hydrogen-bond donors (Lipinski definition) is 0. The van der Waals surface area contributed by atoms with Gasteiger partial charge in [0.05, 0.1) is 7.11 Å². The largest absolute Gasteiger partial charge is 0.481 e. The molecule has 1 atom stereocenters. The van der Waals surface area contributed by atoms with Gasteiger partial charge < -0.3 is 19.3 Å². The number of anilines is 1. The number of methoxy groups -OCH3 is 2. The van der Waals surface area contributed by atoms with E-state index >= 15 is 0 Å². The lowest BCUT2D eigenvalue weighted by Gasteiger charge is -2.48. The average Bonchev–Trinajstić information content (AvgIpc) is 2.65. The number of piperidine rings is 2. The zero-order valence-corrected chi connectivity index (χ0v) is 15.2. The van der Waals surface area contributed by atoms with Gasteiger partial charge in [0, 0.05) is 57.8 Å². The molecule has 0 unspecified atom stereocenters. The molecule has 7 heteroatoms. The normalized spacial score (nSPS) is 24.0. The second kappa shape index (κ2) is 7.99. The third-order valence-corrected chi connectivity index (χ3v) is 5.35. The Hall–Kier alpha value is -1.89.